The average molecular weight is 345 g/mol. The van der Waals surface area contributed by atoms with E-state index in [1.165, 1.54) is 0 Å². The molecule has 5 heteroatoms. The molecule has 1 N–H and O–H groups in total. The Balaban J connectivity index is 0.00000151. The highest BCUT2D eigenvalue weighted by Gasteiger charge is 2.19. The lowest BCUT2D eigenvalue weighted by molar-refractivity contribution is -0.143. The number of carbonyl (C=O) groups excluding carboxylic acids is 2. The number of H-pyrrole nitrogens is 1. The zero-order valence-corrected chi connectivity index (χ0v) is 15.4. The molecule has 1 aromatic carbocycles. The largest absolute Gasteiger partial charge is 0.466 e. The van der Waals surface area contributed by atoms with Crippen LogP contribution in [0.1, 0.15) is 39.0 Å². The van der Waals surface area contributed by atoms with Crippen LogP contribution in [0.3, 0.4) is 0 Å². The van der Waals surface area contributed by atoms with Crippen molar-refractivity contribution in [3.8, 4) is 11.1 Å². The average Bonchev–Trinajstić information content (AvgIpc) is 3.00. The molecular weight excluding hydrogens is 318 g/mol. The molecule has 0 aliphatic carbocycles. The minimum absolute atomic E-state index is 0.107. The van der Waals surface area contributed by atoms with Gasteiger partial charge in [-0.15, -0.1) is 0 Å². The van der Waals surface area contributed by atoms with Crippen molar-refractivity contribution in [3.05, 3.63) is 47.8 Å². The highest BCUT2D eigenvalue weighted by atomic mass is 16.5. The molecule has 0 atom stereocenters. The number of hydrogen-bond acceptors (Lipinski definition) is 4. The van der Waals surface area contributed by atoms with Crippen LogP contribution in [0.2, 0.25) is 0 Å². The summed E-state index contributed by atoms with van der Waals surface area (Å²) in [7, 11) is 0. The summed E-state index contributed by atoms with van der Waals surface area (Å²) in [5.74, 6) is -0.631. The van der Waals surface area contributed by atoms with Gasteiger partial charge in [0.15, 0.2) is 0 Å². The molecule has 2 rings (SSSR count). The van der Waals surface area contributed by atoms with E-state index in [0.717, 1.165) is 16.7 Å². The first-order valence-electron chi connectivity index (χ1n) is 8.71. The minimum atomic E-state index is -0.320. The van der Waals surface area contributed by atoms with Gasteiger partial charge in [0.05, 0.1) is 26.1 Å². The van der Waals surface area contributed by atoms with E-state index in [2.05, 4.69) is 4.98 Å². The van der Waals surface area contributed by atoms with Crippen molar-refractivity contribution in [3.63, 3.8) is 0 Å². The van der Waals surface area contributed by atoms with E-state index >= 15 is 0 Å². The second-order valence-electron chi connectivity index (χ2n) is 4.99. The number of nitrogens with one attached hydrogen (secondary N) is 1. The molecule has 5 nitrogen and oxygen atoms in total. The van der Waals surface area contributed by atoms with Gasteiger partial charge in [-0.05, 0) is 25.0 Å². The van der Waals surface area contributed by atoms with E-state index in [9.17, 15) is 9.59 Å². The summed E-state index contributed by atoms with van der Waals surface area (Å²) in [5, 5.41) is 0. The van der Waals surface area contributed by atoms with Crippen molar-refractivity contribution in [1.29, 1.82) is 0 Å². The maximum atomic E-state index is 11.9. The first-order chi connectivity index (χ1) is 12.2. The van der Waals surface area contributed by atoms with E-state index in [1.54, 1.807) is 13.8 Å². The van der Waals surface area contributed by atoms with Gasteiger partial charge in [-0.1, -0.05) is 44.2 Å². The summed E-state index contributed by atoms with van der Waals surface area (Å²) in [5.41, 5.74) is 3.36. The molecule has 2 aromatic rings. The number of rotatable bonds is 7. The molecule has 0 radical (unpaired) electrons. The van der Waals surface area contributed by atoms with Gasteiger partial charge in [-0.25, -0.2) is 0 Å². The van der Waals surface area contributed by atoms with Gasteiger partial charge in [0.25, 0.3) is 0 Å². The van der Waals surface area contributed by atoms with E-state index in [1.807, 2.05) is 50.4 Å². The van der Waals surface area contributed by atoms with E-state index < -0.39 is 0 Å². The van der Waals surface area contributed by atoms with Gasteiger partial charge in [0.1, 0.15) is 0 Å². The predicted octanol–water partition coefficient (Wildman–Crippen LogP) is 3.92. The predicted molar refractivity (Wildman–Crippen MR) is 98.3 cm³/mol. The second-order valence-corrected chi connectivity index (χ2v) is 4.99. The van der Waals surface area contributed by atoms with Crippen LogP contribution in [0.15, 0.2) is 36.5 Å². The third-order valence-corrected chi connectivity index (χ3v) is 3.42. The van der Waals surface area contributed by atoms with Crippen molar-refractivity contribution in [2.24, 2.45) is 0 Å². The SMILES string of the molecule is CC.CCOC(=O)Cc1[nH]cc(-c2ccccc2)c1CC(=O)OCC. The molecular formula is C20H27NO4. The highest BCUT2D eigenvalue weighted by molar-refractivity contribution is 5.81. The number of hydrogen-bond donors (Lipinski definition) is 1. The lowest BCUT2D eigenvalue weighted by Crippen LogP contribution is -2.13. The fraction of sp³-hybridized carbons (Fsp3) is 0.400. The standard InChI is InChI=1S/C18H21NO4.C2H6/c1-3-22-17(20)10-14-15(13-8-6-5-7-9-13)12-19-16(14)11-18(21)23-4-2;1-2/h5-9,12,19H,3-4,10-11H2,1-2H3;1-2H3. The zero-order valence-electron chi connectivity index (χ0n) is 15.4. The first-order valence-corrected chi connectivity index (χ1v) is 8.71. The van der Waals surface area contributed by atoms with Crippen LogP contribution >= 0.6 is 0 Å². The molecule has 0 fully saturated rings. The molecule has 25 heavy (non-hydrogen) atoms. The highest BCUT2D eigenvalue weighted by Crippen LogP contribution is 2.27. The van der Waals surface area contributed by atoms with Crippen molar-refractivity contribution < 1.29 is 19.1 Å². The van der Waals surface area contributed by atoms with Crippen LogP contribution in [0.5, 0.6) is 0 Å². The van der Waals surface area contributed by atoms with Gasteiger partial charge in [-0.3, -0.25) is 9.59 Å². The number of aromatic amines is 1. The van der Waals surface area contributed by atoms with Gasteiger partial charge in [-0.2, -0.15) is 0 Å². The first kappa shape index (κ1) is 20.5. The molecule has 0 spiro atoms. The Bertz CT molecular complexity index is 662. The lowest BCUT2D eigenvalue weighted by Gasteiger charge is -2.08. The fourth-order valence-electron chi connectivity index (χ4n) is 2.44. The van der Waals surface area contributed by atoms with Crippen LogP contribution in [0.4, 0.5) is 0 Å². The summed E-state index contributed by atoms with van der Waals surface area (Å²) in [4.78, 5) is 26.8. The molecule has 0 bridgehead atoms. The Kier molecular flexibility index (Phi) is 9.07. The summed E-state index contributed by atoms with van der Waals surface area (Å²) in [6.45, 7) is 8.20. The number of carbonyl (C=O) groups is 2. The molecule has 1 aromatic heterocycles. The Morgan fingerprint density at radius 1 is 0.920 bits per heavy atom. The van der Waals surface area contributed by atoms with Crippen molar-refractivity contribution in [2.75, 3.05) is 13.2 Å². The Hall–Kier alpha value is -2.56. The number of benzene rings is 1. The van der Waals surface area contributed by atoms with E-state index in [4.69, 9.17) is 9.47 Å². The van der Waals surface area contributed by atoms with Gasteiger partial charge >= 0.3 is 11.9 Å². The summed E-state index contributed by atoms with van der Waals surface area (Å²) in [6.07, 6.45) is 2.05. The second kappa shape index (κ2) is 11.1. The summed E-state index contributed by atoms with van der Waals surface area (Å²) >= 11 is 0. The third-order valence-electron chi connectivity index (χ3n) is 3.42. The maximum Gasteiger partial charge on any atom is 0.311 e. The van der Waals surface area contributed by atoms with Crippen LogP contribution in [0, 0.1) is 0 Å². The Morgan fingerprint density at radius 2 is 1.48 bits per heavy atom. The van der Waals surface area contributed by atoms with Gasteiger partial charge in [0.2, 0.25) is 0 Å². The van der Waals surface area contributed by atoms with E-state index in [-0.39, 0.29) is 24.8 Å². The minimum Gasteiger partial charge on any atom is -0.466 e. The topological polar surface area (TPSA) is 68.4 Å². The summed E-state index contributed by atoms with van der Waals surface area (Å²) in [6, 6.07) is 9.72. The number of aromatic nitrogens is 1. The van der Waals surface area contributed by atoms with Crippen LogP contribution in [-0.4, -0.2) is 30.1 Å². The molecule has 1 heterocycles. The molecule has 0 saturated carbocycles. The lowest BCUT2D eigenvalue weighted by atomic mass is 9.99. The molecule has 136 valence electrons. The van der Waals surface area contributed by atoms with Crippen molar-refractivity contribution in [2.45, 2.75) is 40.5 Å². The maximum absolute atomic E-state index is 11.9. The van der Waals surface area contributed by atoms with Crippen LogP contribution < -0.4 is 0 Å². The smallest absolute Gasteiger partial charge is 0.311 e. The fourth-order valence-corrected chi connectivity index (χ4v) is 2.44. The zero-order chi connectivity index (χ0) is 18.7. The Labute approximate surface area is 149 Å². The number of ether oxygens (including phenoxy) is 2. The molecule has 0 unspecified atom stereocenters. The monoisotopic (exact) mass is 345 g/mol. The normalized spacial score (nSPS) is 9.76. The molecule has 0 amide bonds. The van der Waals surface area contributed by atoms with E-state index in [0.29, 0.717) is 18.9 Å². The van der Waals surface area contributed by atoms with Crippen LogP contribution in [0.25, 0.3) is 11.1 Å². The summed E-state index contributed by atoms with van der Waals surface area (Å²) < 4.78 is 10.0. The van der Waals surface area contributed by atoms with Crippen molar-refractivity contribution >= 4 is 11.9 Å². The Morgan fingerprint density at radius 3 is 2.04 bits per heavy atom. The van der Waals surface area contributed by atoms with Crippen molar-refractivity contribution in [1.82, 2.24) is 4.98 Å². The van der Waals surface area contributed by atoms with Gasteiger partial charge in [0, 0.05) is 17.5 Å². The number of esters is 2. The molecule has 0 aliphatic heterocycles. The third kappa shape index (κ3) is 6.10. The van der Waals surface area contributed by atoms with Crippen LogP contribution in [-0.2, 0) is 31.9 Å². The molecule has 0 saturated heterocycles. The quantitative estimate of drug-likeness (QED) is 0.772. The molecule has 0 aliphatic rings. The van der Waals surface area contributed by atoms with Gasteiger partial charge < -0.3 is 14.5 Å².